The van der Waals surface area contributed by atoms with E-state index < -0.39 is 0 Å². The van der Waals surface area contributed by atoms with Gasteiger partial charge in [0.1, 0.15) is 5.82 Å². The van der Waals surface area contributed by atoms with Crippen LogP contribution in [-0.4, -0.2) is 19.1 Å². The van der Waals surface area contributed by atoms with Gasteiger partial charge < -0.3 is 5.32 Å². The van der Waals surface area contributed by atoms with Crippen molar-refractivity contribution in [1.29, 1.82) is 0 Å². The van der Waals surface area contributed by atoms with Crippen molar-refractivity contribution in [2.45, 2.75) is 33.7 Å². The van der Waals surface area contributed by atoms with Gasteiger partial charge >= 0.3 is 0 Å². The number of nitrogens with one attached hydrogen (secondary N) is 1. The van der Waals surface area contributed by atoms with Gasteiger partial charge in [0, 0.05) is 30.3 Å². The van der Waals surface area contributed by atoms with Gasteiger partial charge in [-0.1, -0.05) is 13.8 Å². The summed E-state index contributed by atoms with van der Waals surface area (Å²) in [5, 5.41) is 8.37. The highest BCUT2D eigenvalue weighted by atomic mass is 32.1. The third-order valence-electron chi connectivity index (χ3n) is 2.34. The van der Waals surface area contributed by atoms with Crippen LogP contribution in [0.3, 0.4) is 0 Å². The number of aromatic nitrogens is 4. The molecule has 2 rings (SSSR count). The first-order chi connectivity index (χ1) is 8.13. The molecule has 0 bridgehead atoms. The maximum atomic E-state index is 4.43. The van der Waals surface area contributed by atoms with Gasteiger partial charge in [0.15, 0.2) is 5.82 Å². The van der Waals surface area contributed by atoms with Crippen molar-refractivity contribution in [3.63, 3.8) is 0 Å². The Labute approximate surface area is 105 Å². The molecule has 2 aromatic heterocycles. The van der Waals surface area contributed by atoms with Crippen LogP contribution in [0.25, 0.3) is 0 Å². The summed E-state index contributed by atoms with van der Waals surface area (Å²) in [6.45, 7) is 7.26. The summed E-state index contributed by atoms with van der Waals surface area (Å²) in [5.41, 5.74) is 0. The van der Waals surface area contributed by atoms with Gasteiger partial charge in [0.25, 0.3) is 0 Å². The zero-order valence-electron chi connectivity index (χ0n) is 10.3. The van der Waals surface area contributed by atoms with Crippen LogP contribution in [-0.2, 0) is 6.54 Å². The predicted molar refractivity (Wildman–Crippen MR) is 69.6 cm³/mol. The fourth-order valence-electron chi connectivity index (χ4n) is 1.40. The number of anilines is 2. The van der Waals surface area contributed by atoms with E-state index in [0.717, 1.165) is 29.7 Å². The second-order valence-electron chi connectivity index (χ2n) is 4.42. The highest BCUT2D eigenvalue weighted by molar-refractivity contribution is 7.09. The zero-order chi connectivity index (χ0) is 12.3. The van der Waals surface area contributed by atoms with E-state index in [1.54, 1.807) is 0 Å². The normalized spacial score (nSPS) is 11.1. The van der Waals surface area contributed by atoms with E-state index in [2.05, 4.69) is 33.6 Å². The zero-order valence-corrected chi connectivity index (χ0v) is 11.2. The number of nitrogens with zero attached hydrogens (tertiary/aromatic N) is 4. The summed E-state index contributed by atoms with van der Waals surface area (Å²) < 4.78 is 6.07. The monoisotopic (exact) mass is 251 g/mol. The van der Waals surface area contributed by atoms with Crippen LogP contribution in [0.5, 0.6) is 0 Å². The molecular weight excluding hydrogens is 234 g/mol. The van der Waals surface area contributed by atoms with Crippen molar-refractivity contribution in [2.75, 3.05) is 5.32 Å². The topological polar surface area (TPSA) is 55.6 Å². The standard InChI is InChI=1S/C11H17N5S/c1-8(2)4-6-16-7-5-10(14-16)13-11-12-9(3)15-17-11/h5,7-8H,4,6H2,1-3H3,(H,12,13,14,15). The van der Waals surface area contributed by atoms with Crippen LogP contribution in [0, 0.1) is 12.8 Å². The Balaban J connectivity index is 1.94. The molecule has 6 heteroatoms. The lowest BCUT2D eigenvalue weighted by molar-refractivity contribution is 0.488. The van der Waals surface area contributed by atoms with E-state index in [-0.39, 0.29) is 0 Å². The van der Waals surface area contributed by atoms with Gasteiger partial charge in [0.05, 0.1) is 0 Å². The number of hydrogen-bond donors (Lipinski definition) is 1. The van der Waals surface area contributed by atoms with Crippen LogP contribution in [0.1, 0.15) is 26.1 Å². The van der Waals surface area contributed by atoms with Crippen molar-refractivity contribution >= 4 is 22.5 Å². The van der Waals surface area contributed by atoms with Crippen LogP contribution in [0.4, 0.5) is 10.9 Å². The van der Waals surface area contributed by atoms with E-state index in [1.807, 2.05) is 23.9 Å². The highest BCUT2D eigenvalue weighted by Crippen LogP contribution is 2.16. The molecule has 0 fully saturated rings. The minimum atomic E-state index is 0.696. The summed E-state index contributed by atoms with van der Waals surface area (Å²) in [5.74, 6) is 2.31. The van der Waals surface area contributed by atoms with Crippen molar-refractivity contribution < 1.29 is 0 Å². The lowest BCUT2D eigenvalue weighted by Crippen LogP contribution is -2.02. The summed E-state index contributed by atoms with van der Waals surface area (Å²) in [6, 6.07) is 1.96. The third kappa shape index (κ3) is 3.52. The molecule has 92 valence electrons. The van der Waals surface area contributed by atoms with Gasteiger partial charge in [-0.2, -0.15) is 9.47 Å². The Bertz CT molecular complexity index is 474. The van der Waals surface area contributed by atoms with Crippen LogP contribution >= 0.6 is 11.5 Å². The van der Waals surface area contributed by atoms with Gasteiger partial charge in [-0.05, 0) is 19.3 Å². The first kappa shape index (κ1) is 12.0. The fraction of sp³-hybridized carbons (Fsp3) is 0.545. The summed E-state index contributed by atoms with van der Waals surface area (Å²) in [7, 11) is 0. The first-order valence-corrected chi connectivity index (χ1v) is 6.51. The molecule has 2 aromatic rings. The molecule has 0 saturated heterocycles. The Morgan fingerprint density at radius 2 is 2.29 bits per heavy atom. The number of rotatable bonds is 5. The molecule has 0 unspecified atom stereocenters. The molecule has 0 radical (unpaired) electrons. The van der Waals surface area contributed by atoms with E-state index >= 15 is 0 Å². The summed E-state index contributed by atoms with van der Waals surface area (Å²) in [6.07, 6.45) is 3.12. The number of aryl methyl sites for hydroxylation is 2. The van der Waals surface area contributed by atoms with Crippen molar-refractivity contribution in [1.82, 2.24) is 19.1 Å². The molecule has 0 amide bonds. The highest BCUT2D eigenvalue weighted by Gasteiger charge is 2.04. The SMILES string of the molecule is Cc1nsc(Nc2ccn(CCC(C)C)n2)n1. The fourth-order valence-corrected chi connectivity index (χ4v) is 1.98. The number of hydrogen-bond acceptors (Lipinski definition) is 5. The van der Waals surface area contributed by atoms with E-state index in [1.165, 1.54) is 11.5 Å². The first-order valence-electron chi connectivity index (χ1n) is 5.74. The van der Waals surface area contributed by atoms with Crippen LogP contribution < -0.4 is 5.32 Å². The predicted octanol–water partition coefficient (Wildman–Crippen LogP) is 2.83. The van der Waals surface area contributed by atoms with Crippen LogP contribution in [0.15, 0.2) is 12.3 Å². The maximum Gasteiger partial charge on any atom is 0.208 e. The van der Waals surface area contributed by atoms with Gasteiger partial charge in [-0.3, -0.25) is 4.68 Å². The van der Waals surface area contributed by atoms with Crippen molar-refractivity contribution in [3.05, 3.63) is 18.1 Å². The molecule has 1 N–H and O–H groups in total. The van der Waals surface area contributed by atoms with Gasteiger partial charge in [-0.25, -0.2) is 4.98 Å². The molecular formula is C11H17N5S. The second-order valence-corrected chi connectivity index (χ2v) is 5.17. The third-order valence-corrected chi connectivity index (χ3v) is 3.06. The average molecular weight is 251 g/mol. The van der Waals surface area contributed by atoms with E-state index in [4.69, 9.17) is 0 Å². The maximum absolute atomic E-state index is 4.43. The summed E-state index contributed by atoms with van der Waals surface area (Å²) in [4.78, 5) is 4.24. The molecule has 17 heavy (non-hydrogen) atoms. The average Bonchev–Trinajstić information content (AvgIpc) is 2.86. The van der Waals surface area contributed by atoms with Gasteiger partial charge in [0.2, 0.25) is 5.13 Å². The lowest BCUT2D eigenvalue weighted by Gasteiger charge is -2.04. The second kappa shape index (κ2) is 5.27. The lowest BCUT2D eigenvalue weighted by atomic mass is 10.1. The smallest absolute Gasteiger partial charge is 0.208 e. The molecule has 0 atom stereocenters. The van der Waals surface area contributed by atoms with Crippen molar-refractivity contribution in [2.24, 2.45) is 5.92 Å². The van der Waals surface area contributed by atoms with Gasteiger partial charge in [-0.15, -0.1) is 0 Å². The van der Waals surface area contributed by atoms with Crippen molar-refractivity contribution in [3.8, 4) is 0 Å². The Kier molecular flexibility index (Phi) is 3.73. The quantitative estimate of drug-likeness (QED) is 0.887. The minimum Gasteiger partial charge on any atom is -0.313 e. The molecule has 0 aliphatic rings. The molecule has 0 spiro atoms. The summed E-state index contributed by atoms with van der Waals surface area (Å²) >= 11 is 1.35. The largest absolute Gasteiger partial charge is 0.313 e. The molecule has 2 heterocycles. The Morgan fingerprint density at radius 1 is 1.47 bits per heavy atom. The molecule has 0 aliphatic heterocycles. The molecule has 0 saturated carbocycles. The Hall–Kier alpha value is -1.43. The molecule has 0 aliphatic carbocycles. The molecule has 5 nitrogen and oxygen atoms in total. The Morgan fingerprint density at radius 3 is 2.94 bits per heavy atom. The van der Waals surface area contributed by atoms with E-state index in [0.29, 0.717) is 5.92 Å². The minimum absolute atomic E-state index is 0.696. The molecule has 0 aromatic carbocycles. The van der Waals surface area contributed by atoms with E-state index in [9.17, 15) is 0 Å². The van der Waals surface area contributed by atoms with Crippen LogP contribution in [0.2, 0.25) is 0 Å².